The predicted octanol–water partition coefficient (Wildman–Crippen LogP) is 2.38. The second-order valence-electron chi connectivity index (χ2n) is 3.94. The molecule has 0 bridgehead atoms. The number of aromatic nitrogens is 2. The highest BCUT2D eigenvalue weighted by molar-refractivity contribution is 6.33. The highest BCUT2D eigenvalue weighted by atomic mass is 35.5. The molecular formula is C11H11ClN6O2. The summed E-state index contributed by atoms with van der Waals surface area (Å²) in [6.45, 7) is 1.88. The van der Waals surface area contributed by atoms with Gasteiger partial charge in [-0.1, -0.05) is 17.7 Å². The van der Waals surface area contributed by atoms with Crippen LogP contribution in [0.5, 0.6) is 0 Å². The molecule has 0 amide bonds. The van der Waals surface area contributed by atoms with Crippen LogP contribution in [0.3, 0.4) is 0 Å². The van der Waals surface area contributed by atoms with Crippen molar-refractivity contribution in [1.82, 2.24) is 9.97 Å². The summed E-state index contributed by atoms with van der Waals surface area (Å²) in [6, 6.07) is 5.27. The molecule has 0 unspecified atom stereocenters. The van der Waals surface area contributed by atoms with E-state index in [9.17, 15) is 10.1 Å². The summed E-state index contributed by atoms with van der Waals surface area (Å²) in [5.74, 6) is 5.26. The maximum Gasteiger partial charge on any atom is 0.329 e. The van der Waals surface area contributed by atoms with Crippen LogP contribution < -0.4 is 16.6 Å². The third-order valence-electron chi connectivity index (χ3n) is 2.47. The van der Waals surface area contributed by atoms with Crippen molar-refractivity contribution in [2.45, 2.75) is 6.92 Å². The van der Waals surface area contributed by atoms with Crippen LogP contribution in [0.4, 0.5) is 23.1 Å². The minimum Gasteiger partial charge on any atom is -0.333 e. The monoisotopic (exact) mass is 294 g/mol. The lowest BCUT2D eigenvalue weighted by Gasteiger charge is -2.09. The summed E-state index contributed by atoms with van der Waals surface area (Å²) < 4.78 is 0. The first kappa shape index (κ1) is 14.0. The topological polar surface area (TPSA) is 119 Å². The molecule has 0 fully saturated rings. The fourth-order valence-electron chi connectivity index (χ4n) is 1.53. The third kappa shape index (κ3) is 2.92. The first-order valence-electron chi connectivity index (χ1n) is 5.52. The molecule has 0 atom stereocenters. The standard InChI is InChI=1S/C11H11ClN6O2/c1-6-2-3-7(12)8(4-6)15-10-9(18(19)20)5-14-11(16-10)17-13/h2-5H,13H2,1H3,(H2,14,15,16,17). The van der Waals surface area contributed by atoms with Crippen LogP contribution in [-0.4, -0.2) is 14.9 Å². The van der Waals surface area contributed by atoms with E-state index < -0.39 is 4.92 Å². The van der Waals surface area contributed by atoms with Crippen molar-refractivity contribution >= 4 is 34.7 Å². The molecule has 9 heteroatoms. The summed E-state index contributed by atoms with van der Waals surface area (Å²) in [5, 5.41) is 14.2. The molecule has 2 aromatic rings. The predicted molar refractivity (Wildman–Crippen MR) is 76.0 cm³/mol. The summed E-state index contributed by atoms with van der Waals surface area (Å²) in [7, 11) is 0. The fraction of sp³-hybridized carbons (Fsp3) is 0.0909. The van der Waals surface area contributed by atoms with Crippen LogP contribution in [-0.2, 0) is 0 Å². The molecule has 8 nitrogen and oxygen atoms in total. The van der Waals surface area contributed by atoms with Gasteiger partial charge in [-0.2, -0.15) is 4.98 Å². The van der Waals surface area contributed by atoms with Gasteiger partial charge in [-0.25, -0.2) is 10.8 Å². The number of nitrogens with two attached hydrogens (primary N) is 1. The molecule has 2 rings (SSSR count). The van der Waals surface area contributed by atoms with Gasteiger partial charge in [-0.15, -0.1) is 0 Å². The van der Waals surface area contributed by atoms with E-state index in [0.717, 1.165) is 11.8 Å². The highest BCUT2D eigenvalue weighted by Gasteiger charge is 2.18. The number of nitrogens with one attached hydrogen (secondary N) is 2. The van der Waals surface area contributed by atoms with Crippen molar-refractivity contribution in [1.29, 1.82) is 0 Å². The summed E-state index contributed by atoms with van der Waals surface area (Å²) >= 11 is 6.04. The largest absolute Gasteiger partial charge is 0.333 e. The second kappa shape index (κ2) is 5.68. The Morgan fingerprint density at radius 2 is 2.20 bits per heavy atom. The minimum absolute atomic E-state index is 0.00505. The van der Waals surface area contributed by atoms with Crippen molar-refractivity contribution in [3.05, 3.63) is 45.1 Å². The molecule has 0 spiro atoms. The normalized spacial score (nSPS) is 10.2. The Bertz CT molecular complexity index is 663. The van der Waals surface area contributed by atoms with E-state index in [0.29, 0.717) is 10.7 Å². The van der Waals surface area contributed by atoms with Crippen LogP contribution in [0.25, 0.3) is 0 Å². The van der Waals surface area contributed by atoms with Gasteiger partial charge in [0, 0.05) is 0 Å². The number of anilines is 3. The van der Waals surface area contributed by atoms with Crippen molar-refractivity contribution in [3.8, 4) is 0 Å². The number of nitrogen functional groups attached to an aromatic ring is 1. The number of benzene rings is 1. The van der Waals surface area contributed by atoms with E-state index in [1.807, 2.05) is 13.0 Å². The molecule has 104 valence electrons. The zero-order valence-corrected chi connectivity index (χ0v) is 11.2. The molecule has 1 aromatic heterocycles. The fourth-order valence-corrected chi connectivity index (χ4v) is 1.70. The Kier molecular flexibility index (Phi) is 3.97. The molecule has 0 aliphatic carbocycles. The number of nitro groups is 1. The first-order valence-corrected chi connectivity index (χ1v) is 5.90. The van der Waals surface area contributed by atoms with Crippen LogP contribution in [0.2, 0.25) is 5.02 Å². The van der Waals surface area contributed by atoms with Crippen LogP contribution in [0.1, 0.15) is 5.56 Å². The molecule has 4 N–H and O–H groups in total. The molecule has 20 heavy (non-hydrogen) atoms. The molecule has 0 radical (unpaired) electrons. The third-order valence-corrected chi connectivity index (χ3v) is 2.80. The molecule has 0 aliphatic rings. The quantitative estimate of drug-likeness (QED) is 0.450. The van der Waals surface area contributed by atoms with E-state index in [2.05, 4.69) is 20.7 Å². The number of hydrogen-bond donors (Lipinski definition) is 3. The van der Waals surface area contributed by atoms with Crippen LogP contribution in [0.15, 0.2) is 24.4 Å². The number of aryl methyl sites for hydroxylation is 1. The van der Waals surface area contributed by atoms with Gasteiger partial charge in [-0.05, 0) is 24.6 Å². The number of hydrazine groups is 1. The Morgan fingerprint density at radius 1 is 1.45 bits per heavy atom. The number of hydrogen-bond acceptors (Lipinski definition) is 7. The van der Waals surface area contributed by atoms with E-state index >= 15 is 0 Å². The number of rotatable bonds is 4. The molecular weight excluding hydrogens is 284 g/mol. The Morgan fingerprint density at radius 3 is 2.85 bits per heavy atom. The van der Waals surface area contributed by atoms with Crippen LogP contribution in [0, 0.1) is 17.0 Å². The Hall–Kier alpha value is -2.45. The molecule has 1 heterocycles. The highest BCUT2D eigenvalue weighted by Crippen LogP contribution is 2.30. The number of nitrogens with zero attached hydrogens (tertiary/aromatic N) is 3. The van der Waals surface area contributed by atoms with Gasteiger partial charge < -0.3 is 5.32 Å². The van der Waals surface area contributed by atoms with Crippen molar-refractivity contribution < 1.29 is 4.92 Å². The van der Waals surface area contributed by atoms with Gasteiger partial charge >= 0.3 is 5.69 Å². The maximum atomic E-state index is 11.0. The van der Waals surface area contributed by atoms with Gasteiger partial charge in [0.2, 0.25) is 11.8 Å². The Balaban J connectivity index is 2.45. The lowest BCUT2D eigenvalue weighted by molar-refractivity contribution is -0.384. The van der Waals surface area contributed by atoms with E-state index in [4.69, 9.17) is 17.4 Å². The number of halogens is 1. The summed E-state index contributed by atoms with van der Waals surface area (Å²) in [5.41, 5.74) is 3.41. The Labute approximate surface area is 119 Å². The zero-order valence-electron chi connectivity index (χ0n) is 10.4. The van der Waals surface area contributed by atoms with Crippen molar-refractivity contribution in [2.75, 3.05) is 10.7 Å². The SMILES string of the molecule is Cc1ccc(Cl)c(Nc2nc(NN)ncc2[N+](=O)[O-])c1. The zero-order chi connectivity index (χ0) is 14.7. The van der Waals surface area contributed by atoms with E-state index in [1.54, 1.807) is 12.1 Å². The summed E-state index contributed by atoms with van der Waals surface area (Å²) in [6.07, 6.45) is 1.06. The van der Waals surface area contributed by atoms with Gasteiger partial charge in [0.15, 0.2) is 0 Å². The maximum absolute atomic E-state index is 11.0. The lowest BCUT2D eigenvalue weighted by Crippen LogP contribution is -2.12. The second-order valence-corrected chi connectivity index (χ2v) is 4.34. The molecule has 0 saturated carbocycles. The van der Waals surface area contributed by atoms with Gasteiger partial charge in [0.05, 0.1) is 15.6 Å². The average Bonchev–Trinajstić information content (AvgIpc) is 2.42. The smallest absolute Gasteiger partial charge is 0.329 e. The van der Waals surface area contributed by atoms with Gasteiger partial charge in [-0.3, -0.25) is 15.5 Å². The summed E-state index contributed by atoms with van der Waals surface area (Å²) in [4.78, 5) is 18.0. The van der Waals surface area contributed by atoms with E-state index in [1.165, 1.54) is 0 Å². The lowest BCUT2D eigenvalue weighted by atomic mass is 10.2. The van der Waals surface area contributed by atoms with E-state index in [-0.39, 0.29) is 17.5 Å². The molecule has 0 saturated heterocycles. The first-order chi connectivity index (χ1) is 9.51. The van der Waals surface area contributed by atoms with Gasteiger partial charge in [0.25, 0.3) is 0 Å². The molecule has 0 aliphatic heterocycles. The van der Waals surface area contributed by atoms with Crippen molar-refractivity contribution in [3.63, 3.8) is 0 Å². The molecule has 1 aromatic carbocycles. The average molecular weight is 295 g/mol. The minimum atomic E-state index is -0.591. The van der Waals surface area contributed by atoms with Crippen molar-refractivity contribution in [2.24, 2.45) is 5.84 Å². The van der Waals surface area contributed by atoms with Crippen LogP contribution >= 0.6 is 11.6 Å². The van der Waals surface area contributed by atoms with Gasteiger partial charge in [0.1, 0.15) is 6.20 Å².